The third-order valence-corrected chi connectivity index (χ3v) is 3.75. The molecule has 0 aromatic heterocycles. The molecule has 1 saturated carbocycles. The zero-order valence-corrected chi connectivity index (χ0v) is 9.47. The molecule has 0 amide bonds. The maximum atomic E-state index is 3.29. The van der Waals surface area contributed by atoms with Crippen LogP contribution in [0.4, 0.5) is 0 Å². The average Bonchev–Trinajstić information content (AvgIpc) is 3.01. The standard InChI is InChI=1S/C12H24N2/c1-13-10-12-5-8-14(9-6-12)7-4-11-2-3-11/h11-13H,2-10H2,1H3. The van der Waals surface area contributed by atoms with E-state index in [0.717, 1.165) is 11.8 Å². The Balaban J connectivity index is 1.57. The summed E-state index contributed by atoms with van der Waals surface area (Å²) >= 11 is 0. The Morgan fingerprint density at radius 2 is 1.79 bits per heavy atom. The first-order valence-corrected chi connectivity index (χ1v) is 6.25. The van der Waals surface area contributed by atoms with Gasteiger partial charge in [0.15, 0.2) is 0 Å². The van der Waals surface area contributed by atoms with Crippen molar-refractivity contribution in [3.63, 3.8) is 0 Å². The number of likely N-dealkylation sites (tertiary alicyclic amines) is 1. The lowest BCUT2D eigenvalue weighted by atomic mass is 9.96. The van der Waals surface area contributed by atoms with Crippen molar-refractivity contribution in [3.05, 3.63) is 0 Å². The molecular formula is C12H24N2. The minimum atomic E-state index is 0.942. The Kier molecular flexibility index (Phi) is 3.82. The van der Waals surface area contributed by atoms with E-state index in [2.05, 4.69) is 17.3 Å². The molecule has 2 rings (SSSR count). The summed E-state index contributed by atoms with van der Waals surface area (Å²) < 4.78 is 0. The van der Waals surface area contributed by atoms with Gasteiger partial charge in [0, 0.05) is 0 Å². The van der Waals surface area contributed by atoms with Gasteiger partial charge in [-0.2, -0.15) is 0 Å². The second kappa shape index (κ2) is 5.13. The summed E-state index contributed by atoms with van der Waals surface area (Å²) in [5.41, 5.74) is 0. The molecule has 2 fully saturated rings. The van der Waals surface area contributed by atoms with Crippen LogP contribution in [0.1, 0.15) is 32.1 Å². The van der Waals surface area contributed by atoms with Crippen LogP contribution in [-0.2, 0) is 0 Å². The molecule has 1 heterocycles. The molecule has 0 radical (unpaired) electrons. The second-order valence-electron chi connectivity index (χ2n) is 5.07. The zero-order valence-electron chi connectivity index (χ0n) is 9.47. The van der Waals surface area contributed by atoms with E-state index in [0.29, 0.717) is 0 Å². The minimum Gasteiger partial charge on any atom is -0.319 e. The van der Waals surface area contributed by atoms with E-state index in [-0.39, 0.29) is 0 Å². The van der Waals surface area contributed by atoms with Crippen LogP contribution < -0.4 is 5.32 Å². The smallest absolute Gasteiger partial charge is 0.00156 e. The van der Waals surface area contributed by atoms with Crippen molar-refractivity contribution >= 4 is 0 Å². The molecule has 0 spiro atoms. The molecule has 1 saturated heterocycles. The molecular weight excluding hydrogens is 172 g/mol. The predicted octanol–water partition coefficient (Wildman–Crippen LogP) is 1.72. The van der Waals surface area contributed by atoms with Crippen molar-refractivity contribution in [2.45, 2.75) is 32.1 Å². The van der Waals surface area contributed by atoms with E-state index in [4.69, 9.17) is 0 Å². The molecule has 1 aliphatic carbocycles. The third kappa shape index (κ3) is 3.25. The number of hydrogen-bond acceptors (Lipinski definition) is 2. The van der Waals surface area contributed by atoms with Gasteiger partial charge in [-0.1, -0.05) is 12.8 Å². The first-order chi connectivity index (χ1) is 6.88. The van der Waals surface area contributed by atoms with E-state index < -0.39 is 0 Å². The Morgan fingerprint density at radius 3 is 2.36 bits per heavy atom. The fourth-order valence-electron chi connectivity index (χ4n) is 2.47. The van der Waals surface area contributed by atoms with Gasteiger partial charge >= 0.3 is 0 Å². The number of piperidine rings is 1. The van der Waals surface area contributed by atoms with Gasteiger partial charge < -0.3 is 10.2 Å². The van der Waals surface area contributed by atoms with E-state index in [9.17, 15) is 0 Å². The zero-order chi connectivity index (χ0) is 9.80. The molecule has 14 heavy (non-hydrogen) atoms. The highest BCUT2D eigenvalue weighted by atomic mass is 15.1. The molecule has 1 N–H and O–H groups in total. The van der Waals surface area contributed by atoms with Crippen LogP contribution in [0.15, 0.2) is 0 Å². The summed E-state index contributed by atoms with van der Waals surface area (Å²) in [6.45, 7) is 5.28. The molecule has 1 aliphatic heterocycles. The number of nitrogens with zero attached hydrogens (tertiary/aromatic N) is 1. The fraction of sp³-hybridized carbons (Fsp3) is 1.00. The largest absolute Gasteiger partial charge is 0.319 e. The Morgan fingerprint density at radius 1 is 1.07 bits per heavy atom. The molecule has 0 aromatic rings. The van der Waals surface area contributed by atoms with Crippen molar-refractivity contribution in [1.29, 1.82) is 0 Å². The van der Waals surface area contributed by atoms with Crippen LogP contribution in [0.25, 0.3) is 0 Å². The summed E-state index contributed by atoms with van der Waals surface area (Å²) in [6.07, 6.45) is 7.31. The molecule has 0 unspecified atom stereocenters. The Labute approximate surface area is 88.1 Å². The van der Waals surface area contributed by atoms with E-state index in [1.807, 2.05) is 0 Å². The van der Waals surface area contributed by atoms with Crippen LogP contribution >= 0.6 is 0 Å². The lowest BCUT2D eigenvalue weighted by Crippen LogP contribution is -2.37. The predicted molar refractivity (Wildman–Crippen MR) is 60.4 cm³/mol. The van der Waals surface area contributed by atoms with E-state index >= 15 is 0 Å². The van der Waals surface area contributed by atoms with Crippen molar-refractivity contribution in [2.75, 3.05) is 33.2 Å². The normalized spacial score (nSPS) is 25.5. The van der Waals surface area contributed by atoms with Gasteiger partial charge in [0.05, 0.1) is 0 Å². The van der Waals surface area contributed by atoms with Gasteiger partial charge in [-0.05, 0) is 64.3 Å². The molecule has 0 aromatic carbocycles. The van der Waals surface area contributed by atoms with Gasteiger partial charge in [0.25, 0.3) is 0 Å². The van der Waals surface area contributed by atoms with Crippen LogP contribution in [0, 0.1) is 11.8 Å². The molecule has 0 bridgehead atoms. The lowest BCUT2D eigenvalue weighted by Gasteiger charge is -2.31. The van der Waals surface area contributed by atoms with Crippen LogP contribution in [-0.4, -0.2) is 38.1 Å². The third-order valence-electron chi connectivity index (χ3n) is 3.75. The molecule has 2 nitrogen and oxygen atoms in total. The van der Waals surface area contributed by atoms with E-state index in [1.54, 1.807) is 0 Å². The second-order valence-corrected chi connectivity index (χ2v) is 5.07. The van der Waals surface area contributed by atoms with Gasteiger partial charge in [0.2, 0.25) is 0 Å². The van der Waals surface area contributed by atoms with Gasteiger partial charge in [-0.3, -0.25) is 0 Å². The average molecular weight is 196 g/mol. The molecule has 2 aliphatic rings. The summed E-state index contributed by atoms with van der Waals surface area (Å²) in [5.74, 6) is 2.04. The maximum absolute atomic E-state index is 3.29. The van der Waals surface area contributed by atoms with Crippen molar-refractivity contribution < 1.29 is 0 Å². The fourth-order valence-corrected chi connectivity index (χ4v) is 2.47. The number of hydrogen-bond donors (Lipinski definition) is 1. The highest BCUT2D eigenvalue weighted by Crippen LogP contribution is 2.32. The van der Waals surface area contributed by atoms with Crippen LogP contribution in [0.2, 0.25) is 0 Å². The quantitative estimate of drug-likeness (QED) is 0.720. The van der Waals surface area contributed by atoms with Gasteiger partial charge in [-0.25, -0.2) is 0 Å². The monoisotopic (exact) mass is 196 g/mol. The SMILES string of the molecule is CNCC1CCN(CCC2CC2)CC1. The minimum absolute atomic E-state index is 0.942. The molecule has 82 valence electrons. The Hall–Kier alpha value is -0.0800. The molecule has 2 heteroatoms. The lowest BCUT2D eigenvalue weighted by molar-refractivity contribution is 0.179. The van der Waals surface area contributed by atoms with Crippen molar-refractivity contribution in [3.8, 4) is 0 Å². The molecule has 0 atom stereocenters. The summed E-state index contributed by atoms with van der Waals surface area (Å²) in [4.78, 5) is 2.67. The van der Waals surface area contributed by atoms with Crippen molar-refractivity contribution in [1.82, 2.24) is 10.2 Å². The van der Waals surface area contributed by atoms with Gasteiger partial charge in [-0.15, -0.1) is 0 Å². The highest BCUT2D eigenvalue weighted by molar-refractivity contribution is 4.77. The van der Waals surface area contributed by atoms with E-state index in [1.165, 1.54) is 58.3 Å². The Bertz CT molecular complexity index is 158. The summed E-state index contributed by atoms with van der Waals surface area (Å²) in [5, 5.41) is 3.29. The van der Waals surface area contributed by atoms with Crippen LogP contribution in [0.5, 0.6) is 0 Å². The maximum Gasteiger partial charge on any atom is -0.00156 e. The highest BCUT2D eigenvalue weighted by Gasteiger charge is 2.23. The number of nitrogens with one attached hydrogen (secondary N) is 1. The van der Waals surface area contributed by atoms with Crippen molar-refractivity contribution in [2.24, 2.45) is 11.8 Å². The summed E-state index contributed by atoms with van der Waals surface area (Å²) in [7, 11) is 2.07. The van der Waals surface area contributed by atoms with Crippen LogP contribution in [0.3, 0.4) is 0 Å². The number of rotatable bonds is 5. The first-order valence-electron chi connectivity index (χ1n) is 6.25. The topological polar surface area (TPSA) is 15.3 Å². The first kappa shape index (κ1) is 10.4. The van der Waals surface area contributed by atoms with Gasteiger partial charge in [0.1, 0.15) is 0 Å². The summed E-state index contributed by atoms with van der Waals surface area (Å²) in [6, 6.07) is 0.